The molecule has 0 saturated heterocycles. The van der Waals surface area contributed by atoms with Gasteiger partial charge in [-0.2, -0.15) is 5.10 Å². The molecule has 27 heavy (non-hydrogen) atoms. The van der Waals surface area contributed by atoms with Crippen LogP contribution in [0.4, 0.5) is 0 Å². The molecule has 9 heteroatoms. The van der Waals surface area contributed by atoms with Crippen LogP contribution in [0, 0.1) is 3.57 Å². The van der Waals surface area contributed by atoms with Gasteiger partial charge in [0.05, 0.1) is 21.4 Å². The number of nitrogens with one attached hydrogen (secondary N) is 1. The number of halogens is 3. The van der Waals surface area contributed by atoms with Crippen molar-refractivity contribution in [2.75, 3.05) is 6.61 Å². The maximum Gasteiger partial charge on any atom is 0.307 e. The largest absolute Gasteiger partial charge is 0.503 e. The van der Waals surface area contributed by atoms with E-state index in [1.807, 2.05) is 12.1 Å². The van der Waals surface area contributed by atoms with E-state index in [0.717, 1.165) is 13.4 Å². The topological polar surface area (TPSA) is 84.1 Å². The van der Waals surface area contributed by atoms with E-state index in [1.54, 1.807) is 19.1 Å². The smallest absolute Gasteiger partial charge is 0.307 e. The molecule has 0 aliphatic rings. The molecule has 1 amide bonds. The summed E-state index contributed by atoms with van der Waals surface area (Å²) in [7, 11) is 0. The molecule has 0 unspecified atom stereocenters. The standard InChI is InChI=1S/C18H13BrClIN2O4/c1-2-26-14-4-9(3-12(20)16(14)24)8-22-23-18(25)15-6-10-5-11(19)7-13(21)17(10)27-15/h3-8,24H,2H2,1H3,(H,23,25)/b22-8-. The molecule has 0 bridgehead atoms. The summed E-state index contributed by atoms with van der Waals surface area (Å²) < 4.78 is 12.7. The molecule has 2 aromatic carbocycles. The number of ether oxygens (including phenoxy) is 1. The van der Waals surface area contributed by atoms with Crippen molar-refractivity contribution < 1.29 is 19.1 Å². The minimum absolute atomic E-state index is 0.131. The summed E-state index contributed by atoms with van der Waals surface area (Å²) in [5, 5.41) is 14.7. The minimum Gasteiger partial charge on any atom is -0.503 e. The number of furan rings is 1. The number of hydrogen-bond acceptors (Lipinski definition) is 5. The van der Waals surface area contributed by atoms with Crippen LogP contribution in [0.15, 0.2) is 44.3 Å². The van der Waals surface area contributed by atoms with Gasteiger partial charge in [-0.1, -0.05) is 27.5 Å². The highest BCUT2D eigenvalue weighted by Gasteiger charge is 2.14. The monoisotopic (exact) mass is 562 g/mol. The van der Waals surface area contributed by atoms with E-state index in [9.17, 15) is 9.90 Å². The first-order valence-electron chi connectivity index (χ1n) is 7.76. The Morgan fingerprint density at radius 1 is 1.41 bits per heavy atom. The fourth-order valence-electron chi connectivity index (χ4n) is 2.34. The lowest BCUT2D eigenvalue weighted by Gasteiger charge is -2.08. The first kappa shape index (κ1) is 20.0. The van der Waals surface area contributed by atoms with Crippen molar-refractivity contribution in [1.29, 1.82) is 0 Å². The van der Waals surface area contributed by atoms with E-state index in [4.69, 9.17) is 20.8 Å². The molecule has 3 rings (SSSR count). The normalized spacial score (nSPS) is 11.3. The minimum atomic E-state index is -0.482. The van der Waals surface area contributed by atoms with E-state index in [-0.39, 0.29) is 22.3 Å². The Bertz CT molecular complexity index is 1050. The number of phenols is 1. The molecule has 0 spiro atoms. The highest BCUT2D eigenvalue weighted by Crippen LogP contribution is 2.34. The fourth-order valence-corrected chi connectivity index (χ4v) is 4.22. The zero-order valence-electron chi connectivity index (χ0n) is 13.9. The Labute approximate surface area is 181 Å². The lowest BCUT2D eigenvalue weighted by Crippen LogP contribution is -2.16. The quantitative estimate of drug-likeness (QED) is 0.250. The molecule has 0 radical (unpaired) electrons. The highest BCUT2D eigenvalue weighted by molar-refractivity contribution is 14.1. The van der Waals surface area contributed by atoms with E-state index in [2.05, 4.69) is 49.0 Å². The summed E-state index contributed by atoms with van der Waals surface area (Å²) in [6.45, 7) is 2.17. The van der Waals surface area contributed by atoms with Crippen LogP contribution in [0.1, 0.15) is 23.0 Å². The number of aromatic hydroxyl groups is 1. The Morgan fingerprint density at radius 2 is 2.19 bits per heavy atom. The SMILES string of the molecule is CCOc1cc(/C=N\NC(=O)c2cc3cc(Br)cc(I)c3o2)cc(Cl)c1O. The van der Waals surface area contributed by atoms with Crippen LogP contribution in [-0.4, -0.2) is 23.8 Å². The molecular formula is C18H13BrClIN2O4. The van der Waals surface area contributed by atoms with Gasteiger partial charge in [-0.05, 0) is 65.4 Å². The third-order valence-corrected chi connectivity index (χ3v) is 5.04. The van der Waals surface area contributed by atoms with Gasteiger partial charge in [0.15, 0.2) is 17.3 Å². The van der Waals surface area contributed by atoms with Crippen LogP contribution in [-0.2, 0) is 0 Å². The number of rotatable bonds is 5. The number of nitrogens with zero attached hydrogens (tertiary/aromatic N) is 1. The van der Waals surface area contributed by atoms with E-state index >= 15 is 0 Å². The summed E-state index contributed by atoms with van der Waals surface area (Å²) in [6, 6.07) is 8.50. The number of benzene rings is 2. The average molecular weight is 564 g/mol. The van der Waals surface area contributed by atoms with Gasteiger partial charge >= 0.3 is 5.91 Å². The Kier molecular flexibility index (Phi) is 6.28. The molecule has 1 heterocycles. The number of carbonyl (C=O) groups is 1. The summed E-state index contributed by atoms with van der Waals surface area (Å²) >= 11 is 11.5. The molecule has 0 fully saturated rings. The lowest BCUT2D eigenvalue weighted by molar-refractivity contribution is 0.0929. The summed E-state index contributed by atoms with van der Waals surface area (Å²) in [5.41, 5.74) is 3.60. The molecule has 3 aromatic rings. The zero-order valence-corrected chi connectivity index (χ0v) is 18.4. The number of amides is 1. The average Bonchev–Trinajstić information content (AvgIpc) is 3.04. The van der Waals surface area contributed by atoms with Gasteiger partial charge in [0.25, 0.3) is 0 Å². The maximum absolute atomic E-state index is 12.3. The Balaban J connectivity index is 1.77. The molecule has 1 aromatic heterocycles. The first-order valence-corrected chi connectivity index (χ1v) is 10.0. The van der Waals surface area contributed by atoms with Crippen LogP contribution < -0.4 is 10.2 Å². The molecule has 0 aliphatic heterocycles. The van der Waals surface area contributed by atoms with Gasteiger partial charge in [-0.15, -0.1) is 0 Å². The van der Waals surface area contributed by atoms with E-state index < -0.39 is 5.91 Å². The second-order valence-corrected chi connectivity index (χ2v) is 7.88. The van der Waals surface area contributed by atoms with Gasteiger partial charge in [0.2, 0.25) is 0 Å². The summed E-state index contributed by atoms with van der Waals surface area (Å²) in [5.74, 6) is -0.223. The molecule has 0 atom stereocenters. The molecule has 0 aliphatic carbocycles. The van der Waals surface area contributed by atoms with Gasteiger partial charge in [-0.25, -0.2) is 5.43 Å². The number of hydrogen-bond donors (Lipinski definition) is 2. The number of fused-ring (bicyclic) bond motifs is 1. The Morgan fingerprint density at radius 3 is 2.93 bits per heavy atom. The predicted molar refractivity (Wildman–Crippen MR) is 116 cm³/mol. The first-order chi connectivity index (χ1) is 12.9. The molecule has 140 valence electrons. The molecule has 2 N–H and O–H groups in total. The zero-order chi connectivity index (χ0) is 19.6. The summed E-state index contributed by atoms with van der Waals surface area (Å²) in [4.78, 5) is 12.3. The maximum atomic E-state index is 12.3. The van der Waals surface area contributed by atoms with E-state index in [1.165, 1.54) is 12.3 Å². The predicted octanol–water partition coefficient (Wildman–Crippen LogP) is 5.32. The molecule has 0 saturated carbocycles. The van der Waals surface area contributed by atoms with Crippen LogP contribution >= 0.6 is 50.1 Å². The van der Waals surface area contributed by atoms with Crippen molar-refractivity contribution >= 4 is 73.2 Å². The van der Waals surface area contributed by atoms with Crippen molar-refractivity contribution in [3.05, 3.63) is 54.7 Å². The van der Waals surface area contributed by atoms with Gasteiger partial charge in [0.1, 0.15) is 5.58 Å². The fraction of sp³-hybridized carbons (Fsp3) is 0.111. The van der Waals surface area contributed by atoms with Crippen molar-refractivity contribution in [3.8, 4) is 11.5 Å². The third kappa shape index (κ3) is 4.56. The van der Waals surface area contributed by atoms with Gasteiger partial charge in [0, 0.05) is 9.86 Å². The molecular weight excluding hydrogens is 550 g/mol. The molecule has 6 nitrogen and oxygen atoms in total. The lowest BCUT2D eigenvalue weighted by atomic mass is 10.2. The highest BCUT2D eigenvalue weighted by atomic mass is 127. The van der Waals surface area contributed by atoms with Crippen LogP contribution in [0.3, 0.4) is 0 Å². The summed E-state index contributed by atoms with van der Waals surface area (Å²) in [6.07, 6.45) is 1.40. The second kappa shape index (κ2) is 8.49. The van der Waals surface area contributed by atoms with Crippen molar-refractivity contribution in [2.24, 2.45) is 5.10 Å². The van der Waals surface area contributed by atoms with Crippen LogP contribution in [0.2, 0.25) is 5.02 Å². The number of carbonyl (C=O) groups excluding carboxylic acids is 1. The van der Waals surface area contributed by atoms with Crippen molar-refractivity contribution in [1.82, 2.24) is 5.43 Å². The van der Waals surface area contributed by atoms with E-state index in [0.29, 0.717) is 17.8 Å². The Hall–Kier alpha value is -1.78. The van der Waals surface area contributed by atoms with Crippen LogP contribution in [0.25, 0.3) is 11.0 Å². The van der Waals surface area contributed by atoms with Crippen LogP contribution in [0.5, 0.6) is 11.5 Å². The van der Waals surface area contributed by atoms with Crippen molar-refractivity contribution in [3.63, 3.8) is 0 Å². The second-order valence-electron chi connectivity index (χ2n) is 5.40. The number of hydrazone groups is 1. The van der Waals surface area contributed by atoms with Gasteiger partial charge in [-0.3, -0.25) is 4.79 Å². The van der Waals surface area contributed by atoms with Gasteiger partial charge < -0.3 is 14.3 Å². The third-order valence-electron chi connectivity index (χ3n) is 3.49. The van der Waals surface area contributed by atoms with Crippen molar-refractivity contribution in [2.45, 2.75) is 6.92 Å². The number of phenolic OH excluding ortho intramolecular Hbond substituents is 1.